The monoisotopic (exact) mass is 665 g/mol. The van der Waals surface area contributed by atoms with Crippen molar-refractivity contribution in [3.8, 4) is 28.4 Å². The Kier molecular flexibility index (Phi) is 12.1. The van der Waals surface area contributed by atoms with Crippen LogP contribution in [0.3, 0.4) is 0 Å². The molecule has 0 aliphatic heterocycles. The fourth-order valence-electron chi connectivity index (χ4n) is 5.65. The summed E-state index contributed by atoms with van der Waals surface area (Å²) in [6, 6.07) is 32.2. The SMILES string of the molecule is CCN(CC)CCCOc1ccc(-n2cc(-c3ccc(OCc4ccccc4CS(=O)(=O)c4ccccc4)cc3)nc2CC(C)C)cc1. The molecule has 0 amide bonds. The second kappa shape index (κ2) is 16.6. The van der Waals surface area contributed by atoms with E-state index in [-0.39, 0.29) is 12.4 Å². The number of sulfone groups is 1. The molecule has 0 saturated carbocycles. The minimum atomic E-state index is -3.47. The lowest BCUT2D eigenvalue weighted by Crippen LogP contribution is -2.25. The highest BCUT2D eigenvalue weighted by Crippen LogP contribution is 2.27. The highest BCUT2D eigenvalue weighted by atomic mass is 32.2. The van der Waals surface area contributed by atoms with Crippen molar-refractivity contribution < 1.29 is 17.9 Å². The first-order chi connectivity index (χ1) is 23.3. The number of nitrogens with zero attached hydrogens (tertiary/aromatic N) is 3. The Balaban J connectivity index is 1.25. The molecule has 8 heteroatoms. The van der Waals surface area contributed by atoms with Crippen LogP contribution in [-0.4, -0.2) is 49.1 Å². The van der Waals surface area contributed by atoms with Crippen molar-refractivity contribution in [3.05, 3.63) is 126 Å². The van der Waals surface area contributed by atoms with Gasteiger partial charge in [-0.3, -0.25) is 0 Å². The number of hydrogen-bond acceptors (Lipinski definition) is 6. The molecule has 0 fully saturated rings. The lowest BCUT2D eigenvalue weighted by molar-refractivity contribution is 0.249. The third-order valence-electron chi connectivity index (χ3n) is 8.38. The molecular weight excluding hydrogens is 619 g/mol. The van der Waals surface area contributed by atoms with Crippen molar-refractivity contribution in [2.45, 2.75) is 57.8 Å². The third kappa shape index (κ3) is 9.36. The van der Waals surface area contributed by atoms with E-state index in [1.54, 1.807) is 24.3 Å². The molecule has 1 heterocycles. The molecule has 0 radical (unpaired) electrons. The third-order valence-corrected chi connectivity index (χ3v) is 10.1. The molecule has 7 nitrogen and oxygen atoms in total. The summed E-state index contributed by atoms with van der Waals surface area (Å²) in [7, 11) is -3.47. The molecule has 0 aliphatic carbocycles. The van der Waals surface area contributed by atoms with Gasteiger partial charge in [0.1, 0.15) is 23.9 Å². The molecule has 0 aliphatic rings. The fraction of sp³-hybridized carbons (Fsp3) is 0.325. The van der Waals surface area contributed by atoms with Crippen molar-refractivity contribution in [1.82, 2.24) is 14.5 Å². The summed E-state index contributed by atoms with van der Waals surface area (Å²) in [6.07, 6.45) is 3.95. The van der Waals surface area contributed by atoms with Crippen molar-refractivity contribution in [1.29, 1.82) is 0 Å². The van der Waals surface area contributed by atoms with Crippen LogP contribution in [0.25, 0.3) is 16.9 Å². The van der Waals surface area contributed by atoms with Crippen LogP contribution in [0, 0.1) is 5.92 Å². The number of imidazole rings is 1. The number of aromatic nitrogens is 2. The summed E-state index contributed by atoms with van der Waals surface area (Å²) in [5.74, 6) is 2.96. The van der Waals surface area contributed by atoms with Crippen LogP contribution in [0.1, 0.15) is 51.1 Å². The summed E-state index contributed by atoms with van der Waals surface area (Å²) in [6.45, 7) is 12.9. The molecule has 0 bridgehead atoms. The first-order valence-electron chi connectivity index (χ1n) is 16.9. The highest BCUT2D eigenvalue weighted by Gasteiger charge is 2.18. The van der Waals surface area contributed by atoms with Crippen LogP contribution in [0.5, 0.6) is 11.5 Å². The number of benzene rings is 4. The minimum Gasteiger partial charge on any atom is -0.494 e. The zero-order valence-corrected chi connectivity index (χ0v) is 29.3. The zero-order chi connectivity index (χ0) is 33.9. The summed E-state index contributed by atoms with van der Waals surface area (Å²) in [4.78, 5) is 7.76. The molecule has 5 rings (SSSR count). The molecule has 5 aromatic rings. The number of hydrogen-bond donors (Lipinski definition) is 0. The van der Waals surface area contributed by atoms with Gasteiger partial charge in [0.25, 0.3) is 0 Å². The van der Waals surface area contributed by atoms with Gasteiger partial charge in [-0.1, -0.05) is 70.2 Å². The number of rotatable bonds is 17. The van der Waals surface area contributed by atoms with E-state index in [1.165, 1.54) is 0 Å². The van der Waals surface area contributed by atoms with E-state index in [1.807, 2.05) is 66.7 Å². The first kappa shape index (κ1) is 34.9. The van der Waals surface area contributed by atoms with E-state index in [0.29, 0.717) is 23.2 Å². The Hall–Kier alpha value is -4.40. The highest BCUT2D eigenvalue weighted by molar-refractivity contribution is 7.90. The van der Waals surface area contributed by atoms with Crippen LogP contribution in [-0.2, 0) is 28.6 Å². The zero-order valence-electron chi connectivity index (χ0n) is 28.5. The lowest BCUT2D eigenvalue weighted by Gasteiger charge is -2.17. The van der Waals surface area contributed by atoms with E-state index >= 15 is 0 Å². The molecular formula is C40H47N3O4S. The lowest BCUT2D eigenvalue weighted by atomic mass is 10.1. The van der Waals surface area contributed by atoms with Crippen LogP contribution in [0.2, 0.25) is 0 Å². The Morgan fingerprint density at radius 2 is 1.40 bits per heavy atom. The van der Waals surface area contributed by atoms with Crippen molar-refractivity contribution in [2.24, 2.45) is 5.92 Å². The van der Waals surface area contributed by atoms with Crippen LogP contribution in [0.4, 0.5) is 0 Å². The largest absolute Gasteiger partial charge is 0.494 e. The maximum Gasteiger partial charge on any atom is 0.182 e. The van der Waals surface area contributed by atoms with Gasteiger partial charge in [0.15, 0.2) is 9.84 Å². The van der Waals surface area contributed by atoms with Gasteiger partial charge in [0, 0.05) is 30.4 Å². The van der Waals surface area contributed by atoms with Gasteiger partial charge < -0.3 is 18.9 Å². The Labute approximate surface area is 286 Å². The molecule has 4 aromatic carbocycles. The maximum absolute atomic E-state index is 13.0. The van der Waals surface area contributed by atoms with E-state index in [2.05, 4.69) is 55.5 Å². The predicted octanol–water partition coefficient (Wildman–Crippen LogP) is 8.40. The van der Waals surface area contributed by atoms with E-state index in [0.717, 1.165) is 72.1 Å². The average Bonchev–Trinajstić information content (AvgIpc) is 3.51. The standard InChI is InChI=1S/C40H47N3O4S/c1-5-42(6-2)25-12-26-46-36-23-19-35(20-24-36)43-28-39(41-40(43)27-31(3)4)32-17-21-37(22-18-32)47-29-33-13-10-11-14-34(33)30-48(44,45)38-15-8-7-9-16-38/h7-11,13-24,28,31H,5-6,12,25-27,29-30H2,1-4H3. The van der Waals surface area contributed by atoms with Gasteiger partial charge in [-0.15, -0.1) is 0 Å². The van der Waals surface area contributed by atoms with Crippen molar-refractivity contribution in [3.63, 3.8) is 0 Å². The van der Waals surface area contributed by atoms with Crippen molar-refractivity contribution >= 4 is 9.84 Å². The fourth-order valence-corrected chi connectivity index (χ4v) is 7.08. The molecule has 48 heavy (non-hydrogen) atoms. The Bertz CT molecular complexity index is 1830. The molecule has 0 atom stereocenters. The van der Waals surface area contributed by atoms with Crippen LogP contribution in [0.15, 0.2) is 114 Å². The van der Waals surface area contributed by atoms with Crippen molar-refractivity contribution in [2.75, 3.05) is 26.2 Å². The summed E-state index contributed by atoms with van der Waals surface area (Å²) < 4.78 is 40.4. The van der Waals surface area contributed by atoms with E-state index < -0.39 is 9.84 Å². The normalized spacial score (nSPS) is 11.7. The van der Waals surface area contributed by atoms with E-state index in [9.17, 15) is 8.42 Å². The Morgan fingerprint density at radius 1 is 0.771 bits per heavy atom. The predicted molar refractivity (Wildman–Crippen MR) is 194 cm³/mol. The number of ether oxygens (including phenoxy) is 2. The topological polar surface area (TPSA) is 73.7 Å². The first-order valence-corrected chi connectivity index (χ1v) is 18.5. The molecule has 252 valence electrons. The molecule has 0 spiro atoms. The smallest absolute Gasteiger partial charge is 0.182 e. The van der Waals surface area contributed by atoms with Gasteiger partial charge in [0.05, 0.1) is 22.9 Å². The summed E-state index contributed by atoms with van der Waals surface area (Å²) in [5, 5.41) is 0. The van der Waals surface area contributed by atoms with Gasteiger partial charge in [0.2, 0.25) is 0 Å². The van der Waals surface area contributed by atoms with Gasteiger partial charge in [-0.05, 0) is 97.2 Å². The quantitative estimate of drug-likeness (QED) is 0.0929. The second-order valence-electron chi connectivity index (χ2n) is 12.4. The average molecular weight is 666 g/mol. The van der Waals surface area contributed by atoms with E-state index in [4.69, 9.17) is 14.5 Å². The molecule has 0 unspecified atom stereocenters. The second-order valence-corrected chi connectivity index (χ2v) is 14.4. The van der Waals surface area contributed by atoms with Gasteiger partial charge in [-0.2, -0.15) is 0 Å². The molecule has 0 N–H and O–H groups in total. The molecule has 0 saturated heterocycles. The maximum atomic E-state index is 13.0. The Morgan fingerprint density at radius 3 is 2.06 bits per heavy atom. The van der Waals surface area contributed by atoms with Crippen LogP contribution < -0.4 is 9.47 Å². The molecule has 1 aromatic heterocycles. The van der Waals surface area contributed by atoms with Gasteiger partial charge >= 0.3 is 0 Å². The van der Waals surface area contributed by atoms with Gasteiger partial charge in [-0.25, -0.2) is 13.4 Å². The summed E-state index contributed by atoms with van der Waals surface area (Å²) >= 11 is 0. The minimum absolute atomic E-state index is 0.0798. The summed E-state index contributed by atoms with van der Waals surface area (Å²) in [5.41, 5.74) is 4.51. The van der Waals surface area contributed by atoms with Crippen LogP contribution >= 0.6 is 0 Å².